The molecule has 4 heteroatoms. The zero-order chi connectivity index (χ0) is 9.84. The van der Waals surface area contributed by atoms with Crippen molar-refractivity contribution in [2.24, 2.45) is 11.7 Å². The van der Waals surface area contributed by atoms with Crippen molar-refractivity contribution in [2.75, 3.05) is 24.6 Å². The number of thioether (sulfide) groups is 1. The Morgan fingerprint density at radius 1 is 1.77 bits per heavy atom. The molecule has 0 radical (unpaired) electrons. The van der Waals surface area contributed by atoms with E-state index in [9.17, 15) is 4.79 Å². The molecule has 0 spiro atoms. The molecule has 1 heterocycles. The molecule has 2 atom stereocenters. The highest BCUT2D eigenvalue weighted by atomic mass is 32.2. The van der Waals surface area contributed by atoms with Crippen LogP contribution in [0.15, 0.2) is 0 Å². The molecule has 0 saturated carbocycles. The molecule has 2 N–H and O–H groups in total. The maximum Gasteiger partial charge on any atom is 0.226 e. The van der Waals surface area contributed by atoms with Gasteiger partial charge in [0.2, 0.25) is 5.91 Å². The average Bonchev–Trinajstić information content (AvgIpc) is 2.16. The van der Waals surface area contributed by atoms with Crippen LogP contribution in [0.3, 0.4) is 0 Å². The Morgan fingerprint density at radius 3 is 3.00 bits per heavy atom. The SMILES string of the molecule is CC(CN)C(=O)N1CCSCC1C. The Bertz CT molecular complexity index is 186. The number of nitrogens with zero attached hydrogens (tertiary/aromatic N) is 1. The Hall–Kier alpha value is -0.220. The summed E-state index contributed by atoms with van der Waals surface area (Å²) in [6, 6.07) is 0.375. The molecule has 1 amide bonds. The summed E-state index contributed by atoms with van der Waals surface area (Å²) in [7, 11) is 0. The summed E-state index contributed by atoms with van der Waals surface area (Å²) >= 11 is 1.92. The van der Waals surface area contributed by atoms with Gasteiger partial charge in [0.25, 0.3) is 0 Å². The molecule has 2 unspecified atom stereocenters. The summed E-state index contributed by atoms with van der Waals surface area (Å²) in [5.41, 5.74) is 5.47. The maximum absolute atomic E-state index is 11.8. The minimum absolute atomic E-state index is 0.0226. The van der Waals surface area contributed by atoms with E-state index in [2.05, 4.69) is 6.92 Å². The molecule has 0 aliphatic carbocycles. The van der Waals surface area contributed by atoms with Gasteiger partial charge < -0.3 is 10.6 Å². The fraction of sp³-hybridized carbons (Fsp3) is 0.889. The molecule has 0 aromatic carbocycles. The molecule has 1 aliphatic rings. The summed E-state index contributed by atoms with van der Waals surface area (Å²) in [5, 5.41) is 0. The number of nitrogens with two attached hydrogens (primary N) is 1. The van der Waals surface area contributed by atoms with Gasteiger partial charge in [-0.25, -0.2) is 0 Å². The van der Waals surface area contributed by atoms with Crippen molar-refractivity contribution in [1.82, 2.24) is 4.90 Å². The highest BCUT2D eigenvalue weighted by Crippen LogP contribution is 2.17. The van der Waals surface area contributed by atoms with E-state index in [4.69, 9.17) is 5.73 Å². The van der Waals surface area contributed by atoms with Gasteiger partial charge in [0.15, 0.2) is 0 Å². The lowest BCUT2D eigenvalue weighted by molar-refractivity contribution is -0.136. The van der Waals surface area contributed by atoms with E-state index in [-0.39, 0.29) is 11.8 Å². The lowest BCUT2D eigenvalue weighted by Gasteiger charge is -2.34. The molecule has 3 nitrogen and oxygen atoms in total. The molecule has 1 rings (SSSR count). The second-order valence-electron chi connectivity index (χ2n) is 3.59. The number of hydrogen-bond acceptors (Lipinski definition) is 3. The zero-order valence-corrected chi connectivity index (χ0v) is 9.14. The van der Waals surface area contributed by atoms with Gasteiger partial charge in [0, 0.05) is 36.6 Å². The first kappa shape index (κ1) is 10.9. The van der Waals surface area contributed by atoms with E-state index in [1.165, 1.54) is 0 Å². The van der Waals surface area contributed by atoms with Crippen molar-refractivity contribution >= 4 is 17.7 Å². The molecule has 0 aromatic rings. The van der Waals surface area contributed by atoms with Gasteiger partial charge in [-0.15, -0.1) is 0 Å². The van der Waals surface area contributed by atoms with Crippen molar-refractivity contribution in [3.05, 3.63) is 0 Å². The van der Waals surface area contributed by atoms with Crippen LogP contribution in [-0.2, 0) is 4.79 Å². The van der Waals surface area contributed by atoms with Crippen molar-refractivity contribution in [1.29, 1.82) is 0 Å². The molecule has 1 fully saturated rings. The maximum atomic E-state index is 11.8. The van der Waals surface area contributed by atoms with Gasteiger partial charge in [-0.1, -0.05) is 6.92 Å². The first-order valence-corrected chi connectivity index (χ1v) is 5.90. The summed E-state index contributed by atoms with van der Waals surface area (Å²) in [6.07, 6.45) is 0. The van der Waals surface area contributed by atoms with Gasteiger partial charge in [-0.3, -0.25) is 4.79 Å². The van der Waals surface area contributed by atoms with E-state index < -0.39 is 0 Å². The lowest BCUT2D eigenvalue weighted by atomic mass is 10.1. The number of amides is 1. The Balaban J connectivity index is 2.53. The quantitative estimate of drug-likeness (QED) is 0.711. The van der Waals surface area contributed by atoms with Crippen LogP contribution in [0.5, 0.6) is 0 Å². The summed E-state index contributed by atoms with van der Waals surface area (Å²) in [5.74, 6) is 2.32. The highest BCUT2D eigenvalue weighted by Gasteiger charge is 2.26. The first-order valence-electron chi connectivity index (χ1n) is 4.75. The Labute approximate surface area is 84.0 Å². The number of carbonyl (C=O) groups excluding carboxylic acids is 1. The molecule has 76 valence electrons. The second kappa shape index (κ2) is 4.86. The average molecular weight is 202 g/mol. The molecular weight excluding hydrogens is 184 g/mol. The van der Waals surface area contributed by atoms with Crippen molar-refractivity contribution < 1.29 is 4.79 Å². The van der Waals surface area contributed by atoms with E-state index in [1.807, 2.05) is 23.6 Å². The van der Waals surface area contributed by atoms with Crippen LogP contribution in [0.4, 0.5) is 0 Å². The van der Waals surface area contributed by atoms with Crippen LogP contribution in [0, 0.1) is 5.92 Å². The lowest BCUT2D eigenvalue weighted by Crippen LogP contribution is -2.47. The number of hydrogen-bond donors (Lipinski definition) is 1. The van der Waals surface area contributed by atoms with Gasteiger partial charge in [-0.05, 0) is 6.92 Å². The third-order valence-electron chi connectivity index (χ3n) is 2.43. The summed E-state index contributed by atoms with van der Waals surface area (Å²) in [6.45, 7) is 5.34. The van der Waals surface area contributed by atoms with Crippen LogP contribution in [0.2, 0.25) is 0 Å². The van der Waals surface area contributed by atoms with Crippen LogP contribution >= 0.6 is 11.8 Å². The minimum atomic E-state index is -0.0226. The van der Waals surface area contributed by atoms with Crippen LogP contribution in [-0.4, -0.2) is 41.4 Å². The summed E-state index contributed by atoms with van der Waals surface area (Å²) < 4.78 is 0. The summed E-state index contributed by atoms with van der Waals surface area (Å²) in [4.78, 5) is 13.7. The minimum Gasteiger partial charge on any atom is -0.338 e. The van der Waals surface area contributed by atoms with Crippen molar-refractivity contribution in [3.63, 3.8) is 0 Å². The first-order chi connectivity index (χ1) is 6.16. The standard InChI is InChI=1S/C9H18N2OS/c1-7(5-10)9(12)11-3-4-13-6-8(11)2/h7-8H,3-6,10H2,1-2H3. The second-order valence-corrected chi connectivity index (χ2v) is 4.74. The largest absolute Gasteiger partial charge is 0.338 e. The smallest absolute Gasteiger partial charge is 0.226 e. The van der Waals surface area contributed by atoms with Gasteiger partial charge in [-0.2, -0.15) is 11.8 Å². The Kier molecular flexibility index (Phi) is 4.06. The molecular formula is C9H18N2OS. The fourth-order valence-corrected chi connectivity index (χ4v) is 2.45. The van der Waals surface area contributed by atoms with Crippen molar-refractivity contribution in [3.8, 4) is 0 Å². The van der Waals surface area contributed by atoms with Crippen LogP contribution in [0.25, 0.3) is 0 Å². The van der Waals surface area contributed by atoms with Crippen LogP contribution in [0.1, 0.15) is 13.8 Å². The fourth-order valence-electron chi connectivity index (χ4n) is 1.44. The van der Waals surface area contributed by atoms with E-state index in [0.29, 0.717) is 12.6 Å². The molecule has 1 saturated heterocycles. The Morgan fingerprint density at radius 2 is 2.46 bits per heavy atom. The number of carbonyl (C=O) groups is 1. The molecule has 0 bridgehead atoms. The normalized spacial score (nSPS) is 25.8. The van der Waals surface area contributed by atoms with Crippen molar-refractivity contribution in [2.45, 2.75) is 19.9 Å². The van der Waals surface area contributed by atoms with Crippen LogP contribution < -0.4 is 5.73 Å². The van der Waals surface area contributed by atoms with Gasteiger partial charge in [0.1, 0.15) is 0 Å². The van der Waals surface area contributed by atoms with Gasteiger partial charge in [0.05, 0.1) is 0 Å². The molecule has 13 heavy (non-hydrogen) atoms. The topological polar surface area (TPSA) is 46.3 Å². The number of rotatable bonds is 2. The molecule has 1 aliphatic heterocycles. The molecule has 0 aromatic heterocycles. The van der Waals surface area contributed by atoms with E-state index >= 15 is 0 Å². The third-order valence-corrected chi connectivity index (χ3v) is 3.62. The highest BCUT2D eigenvalue weighted by molar-refractivity contribution is 7.99. The predicted molar refractivity (Wildman–Crippen MR) is 56.7 cm³/mol. The van der Waals surface area contributed by atoms with E-state index in [0.717, 1.165) is 18.1 Å². The third kappa shape index (κ3) is 2.61. The monoisotopic (exact) mass is 202 g/mol. The van der Waals surface area contributed by atoms with Gasteiger partial charge >= 0.3 is 0 Å². The zero-order valence-electron chi connectivity index (χ0n) is 8.32. The predicted octanol–water partition coefficient (Wildman–Crippen LogP) is 0.545. The van der Waals surface area contributed by atoms with E-state index in [1.54, 1.807) is 0 Å².